The molecule has 5 saturated carbocycles. The molecule has 1 amide bonds. The summed E-state index contributed by atoms with van der Waals surface area (Å²) in [5.74, 6) is 1.32. The zero-order valence-corrected chi connectivity index (χ0v) is 17.6. The van der Waals surface area contributed by atoms with Crippen LogP contribution in [0.3, 0.4) is 0 Å². The Kier molecular flexibility index (Phi) is 3.81. The third kappa shape index (κ3) is 2.66. The highest BCUT2D eigenvalue weighted by Crippen LogP contribution is 2.79. The molecular formula is C22H34N2O5. The van der Waals surface area contributed by atoms with Crippen LogP contribution in [0.25, 0.3) is 0 Å². The molecule has 1 heterocycles. The third-order valence-corrected chi connectivity index (χ3v) is 8.98. The maximum atomic E-state index is 12.2. The van der Waals surface area contributed by atoms with Crippen molar-refractivity contribution in [3.63, 3.8) is 0 Å². The summed E-state index contributed by atoms with van der Waals surface area (Å²) in [6, 6.07) is 0. The van der Waals surface area contributed by atoms with E-state index in [0.717, 1.165) is 31.1 Å². The van der Waals surface area contributed by atoms with Crippen molar-refractivity contribution in [1.29, 1.82) is 0 Å². The standard InChI is InChI=1S/C22H34N2O5/c1-19(2,23)12-24-18(25)26-17-4-3-5-21(11-17)27-22(29-28-21)15-7-13-6-14-8-16(22)10-20(13,14)9-15/h13-17H,3-12,23H2,1-2H3,(H,24,25). The highest BCUT2D eigenvalue weighted by Gasteiger charge is 2.77. The minimum absolute atomic E-state index is 0.230. The normalized spacial score (nSPS) is 52.0. The largest absolute Gasteiger partial charge is 0.446 e. The number of rotatable bonds is 3. The van der Waals surface area contributed by atoms with Crippen molar-refractivity contribution >= 4 is 6.09 Å². The van der Waals surface area contributed by atoms with Gasteiger partial charge < -0.3 is 20.5 Å². The molecule has 3 N–H and O–H groups in total. The van der Waals surface area contributed by atoms with Gasteiger partial charge >= 0.3 is 6.09 Å². The molecule has 7 heteroatoms. The number of ether oxygens (including phenoxy) is 2. The summed E-state index contributed by atoms with van der Waals surface area (Å²) >= 11 is 0. The highest BCUT2D eigenvalue weighted by molar-refractivity contribution is 5.67. The van der Waals surface area contributed by atoms with Gasteiger partial charge in [0.25, 0.3) is 0 Å². The maximum Gasteiger partial charge on any atom is 0.407 e. The van der Waals surface area contributed by atoms with Crippen molar-refractivity contribution in [1.82, 2.24) is 5.32 Å². The number of carbonyl (C=O) groups excluding carboxylic acids is 1. The fourth-order valence-corrected chi connectivity index (χ4v) is 7.80. The number of carbonyl (C=O) groups is 1. The zero-order chi connectivity index (χ0) is 20.1. The summed E-state index contributed by atoms with van der Waals surface area (Å²) in [6.45, 7) is 4.11. The fourth-order valence-electron chi connectivity index (χ4n) is 7.80. The Hall–Kier alpha value is -0.890. The van der Waals surface area contributed by atoms with Crippen molar-refractivity contribution in [3.05, 3.63) is 0 Å². The third-order valence-electron chi connectivity index (χ3n) is 8.98. The smallest absolute Gasteiger partial charge is 0.407 e. The first kappa shape index (κ1) is 18.8. The van der Waals surface area contributed by atoms with E-state index < -0.39 is 23.2 Å². The molecule has 6 rings (SSSR count). The molecule has 5 aliphatic carbocycles. The van der Waals surface area contributed by atoms with Gasteiger partial charge in [0.2, 0.25) is 11.6 Å². The van der Waals surface area contributed by atoms with Crippen LogP contribution >= 0.6 is 0 Å². The van der Waals surface area contributed by atoms with E-state index in [4.69, 9.17) is 25.0 Å². The van der Waals surface area contributed by atoms with Gasteiger partial charge in [-0.1, -0.05) is 0 Å². The first-order valence-electron chi connectivity index (χ1n) is 11.5. The predicted molar refractivity (Wildman–Crippen MR) is 103 cm³/mol. The van der Waals surface area contributed by atoms with Crippen LogP contribution in [0, 0.1) is 29.1 Å². The molecule has 1 aliphatic heterocycles. The molecule has 29 heavy (non-hydrogen) atoms. The molecule has 0 aromatic carbocycles. The first-order chi connectivity index (χ1) is 13.7. The Morgan fingerprint density at radius 2 is 1.79 bits per heavy atom. The van der Waals surface area contributed by atoms with Crippen LogP contribution in [0.5, 0.6) is 0 Å². The van der Waals surface area contributed by atoms with Crippen molar-refractivity contribution in [2.24, 2.45) is 34.8 Å². The average Bonchev–Trinajstić information content (AvgIpc) is 3.22. The lowest BCUT2D eigenvalue weighted by Gasteiger charge is -2.49. The molecule has 7 nitrogen and oxygen atoms in total. The molecule has 6 fully saturated rings. The molecule has 3 bridgehead atoms. The Balaban J connectivity index is 1.13. The lowest BCUT2D eigenvalue weighted by molar-refractivity contribution is -0.376. The summed E-state index contributed by atoms with van der Waals surface area (Å²) in [5.41, 5.74) is 6.07. The number of amides is 1. The van der Waals surface area contributed by atoms with E-state index in [-0.39, 0.29) is 6.10 Å². The summed E-state index contributed by atoms with van der Waals surface area (Å²) in [7, 11) is 0. The second-order valence-corrected chi connectivity index (χ2v) is 11.5. The molecule has 6 atom stereocenters. The van der Waals surface area contributed by atoms with Crippen LogP contribution in [-0.4, -0.2) is 35.9 Å². The Labute approximate surface area is 172 Å². The van der Waals surface area contributed by atoms with Gasteiger partial charge in [-0.3, -0.25) is 0 Å². The summed E-state index contributed by atoms with van der Waals surface area (Å²) in [4.78, 5) is 24.3. The highest BCUT2D eigenvalue weighted by atomic mass is 17.3. The van der Waals surface area contributed by atoms with Gasteiger partial charge in [-0.25, -0.2) is 4.79 Å². The van der Waals surface area contributed by atoms with Crippen LogP contribution in [0.15, 0.2) is 0 Å². The summed E-state index contributed by atoms with van der Waals surface area (Å²) < 4.78 is 12.5. The summed E-state index contributed by atoms with van der Waals surface area (Å²) in [6.07, 6.45) is 8.75. The molecule has 0 aromatic rings. The van der Waals surface area contributed by atoms with E-state index in [9.17, 15) is 4.79 Å². The monoisotopic (exact) mass is 406 g/mol. The van der Waals surface area contributed by atoms with Gasteiger partial charge in [0.1, 0.15) is 6.10 Å². The number of hydrogen-bond donors (Lipinski definition) is 2. The lowest BCUT2D eigenvalue weighted by Crippen LogP contribution is -2.51. The van der Waals surface area contributed by atoms with E-state index in [1.807, 2.05) is 13.8 Å². The van der Waals surface area contributed by atoms with E-state index in [0.29, 0.717) is 30.2 Å². The molecule has 3 spiro atoms. The second-order valence-electron chi connectivity index (χ2n) is 11.5. The topological polar surface area (TPSA) is 92.0 Å². The molecule has 6 unspecified atom stereocenters. The zero-order valence-electron chi connectivity index (χ0n) is 17.6. The fraction of sp³-hybridized carbons (Fsp3) is 0.955. The maximum absolute atomic E-state index is 12.2. The Bertz CT molecular complexity index is 696. The quantitative estimate of drug-likeness (QED) is 0.699. The number of fused-ring (bicyclic) bond motifs is 4. The van der Waals surface area contributed by atoms with Gasteiger partial charge in [0.05, 0.1) is 0 Å². The van der Waals surface area contributed by atoms with Crippen LogP contribution in [0.2, 0.25) is 0 Å². The number of nitrogens with two attached hydrogens (primary N) is 1. The van der Waals surface area contributed by atoms with Gasteiger partial charge in [0, 0.05) is 36.8 Å². The van der Waals surface area contributed by atoms with Crippen LogP contribution in [0.1, 0.15) is 71.6 Å². The molecule has 6 aliphatic rings. The van der Waals surface area contributed by atoms with Crippen molar-refractivity contribution in [2.75, 3.05) is 6.54 Å². The van der Waals surface area contributed by atoms with Crippen LogP contribution < -0.4 is 11.1 Å². The predicted octanol–water partition coefficient (Wildman–Crippen LogP) is 3.22. The molecular weight excluding hydrogens is 372 g/mol. The summed E-state index contributed by atoms with van der Waals surface area (Å²) in [5, 5.41) is 2.76. The van der Waals surface area contributed by atoms with Gasteiger partial charge in [-0.05, 0) is 76.0 Å². The SMILES string of the molecule is CC(C)(N)CNC(=O)OC1CCCC2(C1)OOC1(O2)C2CC3CC4CC1CC34C2. The number of nitrogens with one attached hydrogen (secondary N) is 1. The van der Waals surface area contributed by atoms with Crippen molar-refractivity contribution in [2.45, 2.75) is 94.9 Å². The number of hydrogen-bond acceptors (Lipinski definition) is 6. The van der Waals surface area contributed by atoms with Crippen molar-refractivity contribution in [3.8, 4) is 0 Å². The Morgan fingerprint density at radius 3 is 2.48 bits per heavy atom. The second kappa shape index (κ2) is 5.87. The first-order valence-corrected chi connectivity index (χ1v) is 11.5. The van der Waals surface area contributed by atoms with E-state index in [1.165, 1.54) is 32.1 Å². The van der Waals surface area contributed by atoms with E-state index in [1.54, 1.807) is 0 Å². The average molecular weight is 407 g/mol. The van der Waals surface area contributed by atoms with Gasteiger partial charge in [-0.15, -0.1) is 0 Å². The van der Waals surface area contributed by atoms with Gasteiger partial charge in [0.15, 0.2) is 0 Å². The minimum Gasteiger partial charge on any atom is -0.446 e. The molecule has 162 valence electrons. The number of alkyl carbamates (subject to hydrolysis) is 1. The van der Waals surface area contributed by atoms with Gasteiger partial charge in [-0.2, -0.15) is 9.78 Å². The van der Waals surface area contributed by atoms with Crippen molar-refractivity contribution < 1.29 is 24.0 Å². The lowest BCUT2D eigenvalue weighted by atomic mass is 9.56. The molecule has 0 radical (unpaired) electrons. The van der Waals surface area contributed by atoms with E-state index in [2.05, 4.69) is 5.32 Å². The minimum atomic E-state index is -0.772. The molecule has 1 saturated heterocycles. The van der Waals surface area contributed by atoms with E-state index >= 15 is 0 Å². The van der Waals surface area contributed by atoms with Crippen LogP contribution in [-0.2, 0) is 19.2 Å². The Morgan fingerprint density at radius 1 is 1.10 bits per heavy atom. The van der Waals surface area contributed by atoms with Crippen LogP contribution in [0.4, 0.5) is 4.79 Å². The molecule has 0 aromatic heterocycles.